The van der Waals surface area contributed by atoms with E-state index in [1.807, 2.05) is 17.5 Å². The lowest BCUT2D eigenvalue weighted by Crippen LogP contribution is -2.27. The SMILES string of the molecule is CCn1c(=O)n(CC(=O)c2ccc3c(c2)CCO3)c2c(C(N)=O)nc(-c3cccs3)nc21. The number of primary amides is 1. The molecule has 32 heavy (non-hydrogen) atoms. The molecule has 10 heteroatoms. The Balaban J connectivity index is 1.66. The van der Waals surface area contributed by atoms with Gasteiger partial charge in [0.25, 0.3) is 5.91 Å². The van der Waals surface area contributed by atoms with Crippen molar-refractivity contribution in [1.29, 1.82) is 0 Å². The van der Waals surface area contributed by atoms with Gasteiger partial charge in [0.1, 0.15) is 11.3 Å². The summed E-state index contributed by atoms with van der Waals surface area (Å²) in [5.41, 5.74) is 6.97. The van der Waals surface area contributed by atoms with Crippen molar-refractivity contribution in [3.8, 4) is 16.5 Å². The van der Waals surface area contributed by atoms with Crippen LogP contribution in [-0.2, 0) is 19.5 Å². The summed E-state index contributed by atoms with van der Waals surface area (Å²) >= 11 is 1.41. The predicted octanol–water partition coefficient (Wildman–Crippen LogP) is 2.26. The number of carbonyl (C=O) groups is 2. The molecule has 1 amide bonds. The van der Waals surface area contributed by atoms with E-state index < -0.39 is 11.6 Å². The van der Waals surface area contributed by atoms with Gasteiger partial charge in [0.15, 0.2) is 22.9 Å². The molecule has 0 fully saturated rings. The number of imidazole rings is 1. The molecule has 162 valence electrons. The molecule has 5 rings (SSSR count). The first kappa shape index (κ1) is 20.1. The number of hydrogen-bond acceptors (Lipinski definition) is 7. The van der Waals surface area contributed by atoms with E-state index in [9.17, 15) is 14.4 Å². The first-order chi connectivity index (χ1) is 15.5. The minimum absolute atomic E-state index is 0.0853. The van der Waals surface area contributed by atoms with Gasteiger partial charge in [-0.1, -0.05) is 6.07 Å². The van der Waals surface area contributed by atoms with Crippen LogP contribution >= 0.6 is 11.3 Å². The molecule has 2 N–H and O–H groups in total. The fraction of sp³-hybridized carbons (Fsp3) is 0.227. The lowest BCUT2D eigenvalue weighted by atomic mass is 10.1. The van der Waals surface area contributed by atoms with Crippen molar-refractivity contribution in [2.75, 3.05) is 6.61 Å². The zero-order valence-electron chi connectivity index (χ0n) is 17.2. The van der Waals surface area contributed by atoms with Gasteiger partial charge >= 0.3 is 5.69 Å². The number of carbonyl (C=O) groups excluding carboxylic acids is 2. The van der Waals surface area contributed by atoms with Crippen LogP contribution < -0.4 is 16.2 Å². The number of ketones is 1. The number of amides is 1. The number of hydrogen-bond donors (Lipinski definition) is 1. The van der Waals surface area contributed by atoms with E-state index in [0.29, 0.717) is 24.5 Å². The van der Waals surface area contributed by atoms with Gasteiger partial charge in [-0.2, -0.15) is 0 Å². The fourth-order valence-electron chi connectivity index (χ4n) is 3.93. The zero-order valence-corrected chi connectivity index (χ0v) is 18.0. The molecular formula is C22H19N5O4S. The van der Waals surface area contributed by atoms with E-state index in [1.165, 1.54) is 20.5 Å². The molecule has 0 saturated carbocycles. The number of ether oxygens (including phenoxy) is 1. The molecule has 0 unspecified atom stereocenters. The van der Waals surface area contributed by atoms with Crippen molar-refractivity contribution >= 4 is 34.2 Å². The number of fused-ring (bicyclic) bond motifs is 2. The summed E-state index contributed by atoms with van der Waals surface area (Å²) in [5.74, 6) is 0.0199. The van der Waals surface area contributed by atoms with Crippen molar-refractivity contribution in [3.63, 3.8) is 0 Å². The lowest BCUT2D eigenvalue weighted by Gasteiger charge is -2.07. The molecule has 0 spiro atoms. The summed E-state index contributed by atoms with van der Waals surface area (Å²) in [6, 6.07) is 8.89. The fourth-order valence-corrected chi connectivity index (χ4v) is 4.58. The van der Waals surface area contributed by atoms with Crippen molar-refractivity contribution in [3.05, 3.63) is 63.0 Å². The summed E-state index contributed by atoms with van der Waals surface area (Å²) in [7, 11) is 0. The van der Waals surface area contributed by atoms with E-state index >= 15 is 0 Å². The van der Waals surface area contributed by atoms with Crippen LogP contribution in [-0.4, -0.2) is 37.4 Å². The van der Waals surface area contributed by atoms with Crippen LogP contribution in [0.5, 0.6) is 5.75 Å². The Morgan fingerprint density at radius 3 is 2.78 bits per heavy atom. The molecule has 0 atom stereocenters. The van der Waals surface area contributed by atoms with Crippen LogP contribution in [0.25, 0.3) is 21.9 Å². The second kappa shape index (κ2) is 7.72. The summed E-state index contributed by atoms with van der Waals surface area (Å²) in [5, 5.41) is 1.87. The van der Waals surface area contributed by atoms with E-state index in [-0.39, 0.29) is 29.2 Å². The highest BCUT2D eigenvalue weighted by molar-refractivity contribution is 7.13. The van der Waals surface area contributed by atoms with Gasteiger partial charge < -0.3 is 10.5 Å². The minimum Gasteiger partial charge on any atom is -0.493 e. The summed E-state index contributed by atoms with van der Waals surface area (Å²) in [6.45, 7) is 2.43. The second-order valence-corrected chi connectivity index (χ2v) is 8.31. The van der Waals surface area contributed by atoms with Gasteiger partial charge in [-0.3, -0.25) is 18.7 Å². The average Bonchev–Trinajstić information content (AvgIpc) is 3.52. The molecular weight excluding hydrogens is 430 g/mol. The molecule has 1 aromatic carbocycles. The molecule has 3 aromatic heterocycles. The Morgan fingerprint density at radius 2 is 2.06 bits per heavy atom. The number of rotatable bonds is 6. The van der Waals surface area contributed by atoms with Crippen LogP contribution in [0, 0.1) is 0 Å². The Kier molecular flexibility index (Phi) is 4.86. The maximum Gasteiger partial charge on any atom is 0.330 e. The van der Waals surface area contributed by atoms with Crippen molar-refractivity contribution in [1.82, 2.24) is 19.1 Å². The third kappa shape index (κ3) is 3.19. The lowest BCUT2D eigenvalue weighted by molar-refractivity contribution is 0.0966. The van der Waals surface area contributed by atoms with E-state index in [1.54, 1.807) is 25.1 Å². The van der Waals surface area contributed by atoms with Crippen LogP contribution in [0.15, 0.2) is 40.5 Å². The van der Waals surface area contributed by atoms with Crippen LogP contribution in [0.1, 0.15) is 33.3 Å². The normalized spacial score (nSPS) is 12.7. The van der Waals surface area contributed by atoms with Crippen LogP contribution in [0.2, 0.25) is 0 Å². The van der Waals surface area contributed by atoms with Crippen LogP contribution in [0.4, 0.5) is 0 Å². The third-order valence-corrected chi connectivity index (χ3v) is 6.32. The van der Waals surface area contributed by atoms with E-state index in [0.717, 1.165) is 22.6 Å². The smallest absolute Gasteiger partial charge is 0.330 e. The molecule has 1 aliphatic heterocycles. The van der Waals surface area contributed by atoms with Crippen molar-refractivity contribution in [2.45, 2.75) is 26.4 Å². The summed E-state index contributed by atoms with van der Waals surface area (Å²) in [6.07, 6.45) is 0.733. The number of Topliss-reactive ketones (excluding diaryl/α,β-unsaturated/α-hetero) is 1. The highest BCUT2D eigenvalue weighted by atomic mass is 32.1. The first-order valence-corrected chi connectivity index (χ1v) is 11.0. The van der Waals surface area contributed by atoms with Crippen LogP contribution in [0.3, 0.4) is 0 Å². The molecule has 4 aromatic rings. The van der Waals surface area contributed by atoms with Crippen molar-refractivity contribution in [2.24, 2.45) is 5.73 Å². The number of benzene rings is 1. The molecule has 0 saturated heterocycles. The monoisotopic (exact) mass is 449 g/mol. The number of aryl methyl sites for hydroxylation is 1. The standard InChI is InChI=1S/C22H19N5O4S/c1-2-26-21-18(17(19(23)29)24-20(25-21)16-4-3-9-32-16)27(22(26)30)11-14(28)12-5-6-15-13(10-12)7-8-31-15/h3-6,9-10H,2,7-8,11H2,1H3,(H2,23,29). The molecule has 0 radical (unpaired) electrons. The molecule has 1 aliphatic rings. The predicted molar refractivity (Wildman–Crippen MR) is 119 cm³/mol. The van der Waals surface area contributed by atoms with E-state index in [2.05, 4.69) is 9.97 Å². The number of nitrogens with two attached hydrogens (primary N) is 1. The number of nitrogens with zero attached hydrogens (tertiary/aromatic N) is 4. The summed E-state index contributed by atoms with van der Waals surface area (Å²) < 4.78 is 8.15. The first-order valence-electron chi connectivity index (χ1n) is 10.1. The molecule has 9 nitrogen and oxygen atoms in total. The Hall–Kier alpha value is -3.79. The average molecular weight is 449 g/mol. The second-order valence-electron chi connectivity index (χ2n) is 7.37. The Labute approximate surface area is 186 Å². The summed E-state index contributed by atoms with van der Waals surface area (Å²) in [4.78, 5) is 48.2. The maximum absolute atomic E-state index is 13.2. The number of aromatic nitrogens is 4. The van der Waals surface area contributed by atoms with E-state index in [4.69, 9.17) is 10.5 Å². The van der Waals surface area contributed by atoms with Gasteiger partial charge in [-0.15, -0.1) is 11.3 Å². The Bertz CT molecular complexity index is 1440. The highest BCUT2D eigenvalue weighted by Crippen LogP contribution is 2.27. The van der Waals surface area contributed by atoms with Gasteiger partial charge in [-0.25, -0.2) is 14.8 Å². The zero-order chi connectivity index (χ0) is 22.4. The topological polar surface area (TPSA) is 122 Å². The molecule has 0 aliphatic carbocycles. The minimum atomic E-state index is -0.792. The van der Waals surface area contributed by atoms with Crippen molar-refractivity contribution < 1.29 is 14.3 Å². The molecule has 4 heterocycles. The number of thiophene rings is 1. The maximum atomic E-state index is 13.2. The Morgan fingerprint density at radius 1 is 1.22 bits per heavy atom. The van der Waals surface area contributed by atoms with Gasteiger partial charge in [-0.05, 0) is 42.1 Å². The largest absolute Gasteiger partial charge is 0.493 e. The van der Waals surface area contributed by atoms with Gasteiger partial charge in [0.2, 0.25) is 0 Å². The molecule has 0 bridgehead atoms. The van der Waals surface area contributed by atoms with Gasteiger partial charge in [0, 0.05) is 18.5 Å². The van der Waals surface area contributed by atoms with Gasteiger partial charge in [0.05, 0.1) is 18.0 Å². The quantitative estimate of drug-likeness (QED) is 0.451. The highest BCUT2D eigenvalue weighted by Gasteiger charge is 2.25. The third-order valence-electron chi connectivity index (χ3n) is 5.46.